The van der Waals surface area contributed by atoms with Crippen LogP contribution in [0.15, 0.2) is 121 Å². The molecule has 0 fully saturated rings. The van der Waals surface area contributed by atoms with Crippen LogP contribution in [-0.2, 0) is 16.2 Å². The molecular weight excluding hydrogens is 752 g/mol. The van der Waals surface area contributed by atoms with Gasteiger partial charge >= 0.3 is 6.85 Å². The van der Waals surface area contributed by atoms with E-state index in [1.807, 2.05) is 22.7 Å². The summed E-state index contributed by atoms with van der Waals surface area (Å²) in [6.45, 7) is 20.9. The van der Waals surface area contributed by atoms with E-state index in [0.717, 1.165) is 0 Å². The van der Waals surface area contributed by atoms with Crippen molar-refractivity contribution in [3.8, 4) is 16.8 Å². The lowest BCUT2D eigenvalue weighted by Gasteiger charge is -2.42. The Kier molecular flexibility index (Phi) is 7.04. The van der Waals surface area contributed by atoms with Crippen molar-refractivity contribution in [3.05, 3.63) is 138 Å². The van der Waals surface area contributed by atoms with Crippen LogP contribution < -0.4 is 15.7 Å². The van der Waals surface area contributed by atoms with Crippen LogP contribution in [0.3, 0.4) is 0 Å². The second kappa shape index (κ2) is 11.7. The first kappa shape index (κ1) is 35.6. The van der Waals surface area contributed by atoms with E-state index in [2.05, 4.69) is 193 Å². The molecule has 0 spiro atoms. The number of nitrogens with zero attached hydrogens (tertiary/aromatic N) is 2. The highest BCUT2D eigenvalue weighted by Crippen LogP contribution is 2.50. The zero-order valence-electron chi connectivity index (χ0n) is 35.3. The molecule has 5 heteroatoms. The first-order valence-electron chi connectivity index (χ1n) is 21.1. The number of aromatic nitrogens is 1. The highest BCUT2D eigenvalue weighted by Gasteiger charge is 2.44. The van der Waals surface area contributed by atoms with Crippen molar-refractivity contribution in [2.45, 2.75) is 78.6 Å². The molecular formula is C54H47BN2S2. The van der Waals surface area contributed by atoms with Crippen LogP contribution in [0.1, 0.15) is 79.0 Å². The third kappa shape index (κ3) is 4.98. The molecule has 10 aromatic rings. The molecule has 0 atom stereocenters. The number of hydrogen-bond donors (Lipinski definition) is 0. The molecule has 288 valence electrons. The number of fused-ring (bicyclic) bond motifs is 14. The smallest absolute Gasteiger partial charge is 0.333 e. The van der Waals surface area contributed by atoms with E-state index < -0.39 is 0 Å². The summed E-state index contributed by atoms with van der Waals surface area (Å²) < 4.78 is 8.03. The van der Waals surface area contributed by atoms with Crippen LogP contribution in [0.2, 0.25) is 0 Å². The maximum absolute atomic E-state index is 2.70. The van der Waals surface area contributed by atoms with Crippen LogP contribution in [0.4, 0.5) is 11.4 Å². The van der Waals surface area contributed by atoms with Gasteiger partial charge in [0.15, 0.2) is 0 Å². The van der Waals surface area contributed by atoms with Gasteiger partial charge in [0.25, 0.3) is 0 Å². The lowest BCUT2D eigenvalue weighted by atomic mass is 9.43. The number of benzene rings is 7. The van der Waals surface area contributed by atoms with E-state index >= 15 is 0 Å². The molecule has 0 unspecified atom stereocenters. The predicted octanol–water partition coefficient (Wildman–Crippen LogP) is 14.6. The predicted molar refractivity (Wildman–Crippen MR) is 262 cm³/mol. The van der Waals surface area contributed by atoms with E-state index in [0.29, 0.717) is 0 Å². The van der Waals surface area contributed by atoms with Gasteiger partial charge in [0.05, 0.1) is 11.0 Å². The van der Waals surface area contributed by atoms with Gasteiger partial charge in [-0.1, -0.05) is 129 Å². The molecule has 12 rings (SSSR count). The highest BCUT2D eigenvalue weighted by molar-refractivity contribution is 7.26. The summed E-state index contributed by atoms with van der Waals surface area (Å²) in [5.74, 6) is 0. The summed E-state index contributed by atoms with van der Waals surface area (Å²) in [6, 6.07) is 47.8. The minimum absolute atomic E-state index is 0.00984. The second-order valence-electron chi connectivity index (χ2n) is 20.2. The van der Waals surface area contributed by atoms with Crippen molar-refractivity contribution in [1.82, 2.24) is 4.57 Å². The number of hydrogen-bond acceptors (Lipinski definition) is 3. The fourth-order valence-corrected chi connectivity index (χ4v) is 12.5. The molecule has 2 nitrogen and oxygen atoms in total. The van der Waals surface area contributed by atoms with Crippen molar-refractivity contribution in [2.24, 2.45) is 0 Å². The van der Waals surface area contributed by atoms with E-state index in [1.54, 1.807) is 0 Å². The first-order valence-corrected chi connectivity index (χ1v) is 22.7. The molecule has 5 heterocycles. The van der Waals surface area contributed by atoms with Gasteiger partial charge in [0, 0.05) is 73.7 Å². The number of anilines is 2. The lowest BCUT2D eigenvalue weighted by Crippen LogP contribution is -2.60. The lowest BCUT2D eigenvalue weighted by molar-refractivity contribution is 0.590. The van der Waals surface area contributed by atoms with E-state index in [4.69, 9.17) is 0 Å². The second-order valence-corrected chi connectivity index (χ2v) is 22.4. The summed E-state index contributed by atoms with van der Waals surface area (Å²) in [5, 5.41) is 8.02. The zero-order chi connectivity index (χ0) is 40.5. The average molecular weight is 799 g/mol. The minimum Gasteiger partial charge on any atom is -0.376 e. The monoisotopic (exact) mass is 798 g/mol. The van der Waals surface area contributed by atoms with Crippen LogP contribution in [0, 0.1) is 0 Å². The molecule has 0 radical (unpaired) electrons. The molecule has 2 aliphatic rings. The van der Waals surface area contributed by atoms with E-state index in [1.165, 1.54) is 118 Å². The third-order valence-corrected chi connectivity index (χ3v) is 15.7. The Morgan fingerprint density at radius 3 is 1.81 bits per heavy atom. The largest absolute Gasteiger partial charge is 0.376 e. The summed E-state index contributed by atoms with van der Waals surface area (Å²) in [7, 11) is 0. The van der Waals surface area contributed by atoms with Gasteiger partial charge < -0.3 is 9.38 Å². The Hall–Kier alpha value is -5.36. The SMILES string of the molecule is CC(C)(C)c1ccc(N2B3c4cc(C(C)(C)C)ccc4-n4c5cc6c(cc5c5ccc(c3c54)-c3cc4sc5cc(C(C)(C)C)ccc5c4cc32)sc2ccccc26)cc1. The van der Waals surface area contributed by atoms with Crippen LogP contribution in [-0.4, -0.2) is 11.4 Å². The summed E-state index contributed by atoms with van der Waals surface area (Å²) >= 11 is 3.85. The van der Waals surface area contributed by atoms with Crippen molar-refractivity contribution in [3.63, 3.8) is 0 Å². The fourth-order valence-electron chi connectivity index (χ4n) is 10.2. The van der Waals surface area contributed by atoms with Gasteiger partial charge in [0.1, 0.15) is 0 Å². The zero-order valence-corrected chi connectivity index (χ0v) is 37.0. The Morgan fingerprint density at radius 2 is 1.05 bits per heavy atom. The first-order chi connectivity index (χ1) is 28.1. The molecule has 0 saturated carbocycles. The molecule has 0 amide bonds. The topological polar surface area (TPSA) is 8.17 Å². The quantitative estimate of drug-likeness (QED) is 0.150. The molecule has 0 bridgehead atoms. The van der Waals surface area contributed by atoms with E-state index in [9.17, 15) is 0 Å². The third-order valence-electron chi connectivity index (χ3n) is 13.4. The Bertz CT molecular complexity index is 3450. The van der Waals surface area contributed by atoms with Gasteiger partial charge in [0.2, 0.25) is 0 Å². The molecule has 2 aliphatic heterocycles. The Balaban J connectivity index is 1.23. The normalized spacial score (nSPS) is 14.1. The molecule has 3 aromatic heterocycles. The molecule has 7 aromatic carbocycles. The van der Waals surface area contributed by atoms with Crippen LogP contribution in [0.25, 0.3) is 79.0 Å². The van der Waals surface area contributed by atoms with Gasteiger partial charge in [-0.25, -0.2) is 0 Å². The highest BCUT2D eigenvalue weighted by atomic mass is 32.1. The fraction of sp³-hybridized carbons (Fsp3) is 0.222. The number of thiophene rings is 2. The average Bonchev–Trinajstić information content (AvgIpc) is 3.86. The summed E-state index contributed by atoms with van der Waals surface area (Å²) in [6.07, 6.45) is 0. The van der Waals surface area contributed by atoms with Gasteiger partial charge in [-0.05, 0) is 104 Å². The van der Waals surface area contributed by atoms with Crippen molar-refractivity contribution in [1.29, 1.82) is 0 Å². The maximum atomic E-state index is 2.70. The minimum atomic E-state index is -0.0208. The van der Waals surface area contributed by atoms with Crippen molar-refractivity contribution >= 4 is 114 Å². The molecule has 0 aliphatic carbocycles. The standard InChI is InChI=1S/C54H47BN2S2/c1-52(2,3)30-14-18-33(19-15-30)57-45-27-41-35-20-16-32(54(7,8)9)25-47(35)59-49(41)28-38(45)36-21-22-37-39-29-48-40(34-12-10-11-13-46(34)58-48)26-44(39)56-43-23-17-31(53(4,5)6)24-42(43)55(57)50(36)51(37)56/h10-29H,1-9H3. The maximum Gasteiger partial charge on any atom is 0.333 e. The summed E-state index contributed by atoms with van der Waals surface area (Å²) in [5.41, 5.74) is 16.1. The molecule has 0 N–H and O–H groups in total. The van der Waals surface area contributed by atoms with Crippen molar-refractivity contribution < 1.29 is 0 Å². The van der Waals surface area contributed by atoms with Crippen LogP contribution >= 0.6 is 22.7 Å². The van der Waals surface area contributed by atoms with Crippen molar-refractivity contribution in [2.75, 3.05) is 4.81 Å². The van der Waals surface area contributed by atoms with Gasteiger partial charge in [-0.3, -0.25) is 0 Å². The Labute approximate surface area is 354 Å². The van der Waals surface area contributed by atoms with E-state index in [-0.39, 0.29) is 23.1 Å². The van der Waals surface area contributed by atoms with Crippen LogP contribution in [0.5, 0.6) is 0 Å². The summed E-state index contributed by atoms with van der Waals surface area (Å²) in [4.78, 5) is 2.70. The van der Waals surface area contributed by atoms with Gasteiger partial charge in [-0.15, -0.1) is 22.7 Å². The molecule has 0 saturated heterocycles. The molecule has 59 heavy (non-hydrogen) atoms. The van der Waals surface area contributed by atoms with Gasteiger partial charge in [-0.2, -0.15) is 0 Å². The number of rotatable bonds is 1. The Morgan fingerprint density at radius 1 is 0.441 bits per heavy atom.